The fourth-order valence-corrected chi connectivity index (χ4v) is 7.63. The molecule has 2 unspecified atom stereocenters. The number of esters is 2. The SMILES string of the molecule is CC1=C(/C=C/C(C)=C/C=C/C(C)=C/C(=O)OCC(COP(=O)([O-])OCC[N+](C)(C)C)OC(=O)/C=C(C)/C=C/C=C(C)/C=C/C2=C(C)CCCC2(C)C)C(C)(C)CCC1. The zero-order chi connectivity index (χ0) is 43.7. The Morgan fingerprint density at radius 2 is 1.19 bits per heavy atom. The molecule has 0 radical (unpaired) electrons. The van der Waals surface area contributed by atoms with E-state index in [9.17, 15) is 19.0 Å². The molecule has 0 heterocycles. The van der Waals surface area contributed by atoms with Crippen molar-refractivity contribution in [3.05, 3.63) is 117 Å². The van der Waals surface area contributed by atoms with E-state index in [1.165, 1.54) is 60.1 Å². The number of phosphoric acid groups is 1. The molecule has 2 aliphatic carbocycles. The van der Waals surface area contributed by atoms with E-state index in [1.54, 1.807) is 26.0 Å². The number of carbonyl (C=O) groups excluding carboxylic acids is 2. The summed E-state index contributed by atoms with van der Waals surface area (Å²) in [6.45, 7) is 20.5. The van der Waals surface area contributed by atoms with Crippen molar-refractivity contribution in [1.82, 2.24) is 0 Å². The fraction of sp³-hybridized carbons (Fsp3) is 0.542. The molecule has 58 heavy (non-hydrogen) atoms. The second kappa shape index (κ2) is 23.3. The van der Waals surface area contributed by atoms with Crippen molar-refractivity contribution in [2.75, 3.05) is 47.5 Å². The first kappa shape index (κ1) is 50.6. The van der Waals surface area contributed by atoms with Crippen LogP contribution in [0.4, 0.5) is 0 Å². The number of hydrogen-bond acceptors (Lipinski definition) is 8. The van der Waals surface area contributed by atoms with Crippen LogP contribution in [-0.2, 0) is 32.7 Å². The Balaban J connectivity index is 2.09. The van der Waals surface area contributed by atoms with Crippen LogP contribution < -0.4 is 4.89 Å². The zero-order valence-corrected chi connectivity index (χ0v) is 38.6. The predicted molar refractivity (Wildman–Crippen MR) is 236 cm³/mol. The summed E-state index contributed by atoms with van der Waals surface area (Å²) in [7, 11) is 0.973. The number of hydrogen-bond donors (Lipinski definition) is 0. The van der Waals surface area contributed by atoms with E-state index in [0.717, 1.165) is 24.0 Å². The molecule has 0 amide bonds. The van der Waals surface area contributed by atoms with Gasteiger partial charge >= 0.3 is 11.9 Å². The highest BCUT2D eigenvalue weighted by Gasteiger charge is 2.27. The van der Waals surface area contributed by atoms with Gasteiger partial charge in [-0.2, -0.15) is 0 Å². The lowest BCUT2D eigenvalue weighted by molar-refractivity contribution is -0.870. The fourth-order valence-electron chi connectivity index (χ4n) is 6.90. The monoisotopic (exact) mass is 821 g/mol. The minimum Gasteiger partial charge on any atom is -0.756 e. The Kier molecular flexibility index (Phi) is 20.3. The van der Waals surface area contributed by atoms with Gasteiger partial charge in [-0.05, 0) is 113 Å². The van der Waals surface area contributed by atoms with Crippen molar-refractivity contribution in [3.63, 3.8) is 0 Å². The molecule has 0 aromatic rings. The molecule has 2 rings (SSSR count). The van der Waals surface area contributed by atoms with E-state index in [0.29, 0.717) is 22.2 Å². The molecule has 0 saturated heterocycles. The third-order valence-corrected chi connectivity index (χ3v) is 11.3. The van der Waals surface area contributed by atoms with Gasteiger partial charge < -0.3 is 27.9 Å². The van der Waals surface area contributed by atoms with Crippen molar-refractivity contribution in [1.29, 1.82) is 0 Å². The first-order valence-corrected chi connectivity index (χ1v) is 22.0. The van der Waals surface area contributed by atoms with Crippen LogP contribution in [0.1, 0.15) is 108 Å². The van der Waals surface area contributed by atoms with Crippen molar-refractivity contribution >= 4 is 19.8 Å². The van der Waals surface area contributed by atoms with Crippen molar-refractivity contribution in [2.24, 2.45) is 10.8 Å². The van der Waals surface area contributed by atoms with Gasteiger partial charge in [0.05, 0.1) is 27.7 Å². The highest BCUT2D eigenvalue weighted by Crippen LogP contribution is 2.42. The molecule has 2 atom stereocenters. The van der Waals surface area contributed by atoms with Gasteiger partial charge in [-0.15, -0.1) is 0 Å². The summed E-state index contributed by atoms with van der Waals surface area (Å²) in [5, 5.41) is 0. The van der Waals surface area contributed by atoms with Crippen LogP contribution >= 0.6 is 7.82 Å². The third kappa shape index (κ3) is 19.9. The van der Waals surface area contributed by atoms with Crippen LogP contribution in [-0.4, -0.2) is 70.0 Å². The lowest BCUT2D eigenvalue weighted by atomic mass is 9.72. The van der Waals surface area contributed by atoms with E-state index in [1.807, 2.05) is 59.3 Å². The van der Waals surface area contributed by atoms with E-state index in [4.69, 9.17) is 18.5 Å². The summed E-state index contributed by atoms with van der Waals surface area (Å²) < 4.78 is 34.0. The van der Waals surface area contributed by atoms with Crippen LogP contribution in [0.15, 0.2) is 117 Å². The smallest absolute Gasteiger partial charge is 0.331 e. The lowest BCUT2D eigenvalue weighted by Gasteiger charge is -2.33. The Hall–Kier alpha value is -3.59. The molecule has 0 aromatic carbocycles. The van der Waals surface area contributed by atoms with Gasteiger partial charge in [0, 0.05) is 12.2 Å². The van der Waals surface area contributed by atoms with Crippen LogP contribution in [0.3, 0.4) is 0 Å². The van der Waals surface area contributed by atoms with Gasteiger partial charge in [0.1, 0.15) is 19.8 Å². The van der Waals surface area contributed by atoms with Crippen molar-refractivity contribution in [3.8, 4) is 0 Å². The molecule has 0 aromatic heterocycles. The number of rotatable bonds is 20. The van der Waals surface area contributed by atoms with E-state index in [2.05, 4.69) is 65.8 Å². The molecule has 0 spiro atoms. The number of allylic oxidation sites excluding steroid dienone is 18. The number of nitrogens with zero attached hydrogens (tertiary/aromatic N) is 1. The molecular weight excluding hydrogens is 750 g/mol. The predicted octanol–water partition coefficient (Wildman–Crippen LogP) is 10.7. The number of likely N-dealkylation sites (N-methyl/N-ethyl adjacent to an activating group) is 1. The van der Waals surface area contributed by atoms with Crippen LogP contribution in [0.25, 0.3) is 0 Å². The number of ether oxygens (including phenoxy) is 2. The Morgan fingerprint density at radius 1 is 0.724 bits per heavy atom. The van der Waals surface area contributed by atoms with Crippen LogP contribution in [0.5, 0.6) is 0 Å². The molecule has 322 valence electrons. The molecular formula is C48H72NO8P. The largest absolute Gasteiger partial charge is 0.756 e. The molecule has 0 bridgehead atoms. The summed E-state index contributed by atoms with van der Waals surface area (Å²) in [5.41, 5.74) is 9.35. The standard InChI is InChI=1S/C48H72NO8P/c1-36(24-26-43-40(5)22-16-28-47(43,7)8)18-14-20-38(3)32-45(50)54-34-42(35-56-58(52,53)55-31-30-49(11,12)13)57-46(51)33-39(4)21-15-19-37(2)25-27-44-41(6)23-17-29-48(44,9)10/h14-15,18-21,24-27,32-33,42H,16-17,22-23,28-31,34-35H2,1-13H3/b20-14+,21-15+,26-24+,27-25+,36-18+,37-19+,38-32+,39-33+. The van der Waals surface area contributed by atoms with Crippen LogP contribution in [0.2, 0.25) is 0 Å². The highest BCUT2D eigenvalue weighted by atomic mass is 31.2. The van der Waals surface area contributed by atoms with E-state index < -0.39 is 39.1 Å². The molecule has 0 fully saturated rings. The summed E-state index contributed by atoms with van der Waals surface area (Å²) in [6, 6.07) is 0. The van der Waals surface area contributed by atoms with Gasteiger partial charge in [0.15, 0.2) is 6.10 Å². The Bertz CT molecular complexity index is 1800. The van der Waals surface area contributed by atoms with Crippen molar-refractivity contribution in [2.45, 2.75) is 114 Å². The normalized spacial score (nSPS) is 20.4. The van der Waals surface area contributed by atoms with Gasteiger partial charge in [-0.3, -0.25) is 4.57 Å². The summed E-state index contributed by atoms with van der Waals surface area (Å²) in [6.07, 6.45) is 28.3. The first-order chi connectivity index (χ1) is 26.9. The third-order valence-electron chi connectivity index (χ3n) is 10.4. The van der Waals surface area contributed by atoms with Gasteiger partial charge in [0.25, 0.3) is 7.82 Å². The number of phosphoric ester groups is 1. The zero-order valence-electron chi connectivity index (χ0n) is 37.7. The summed E-state index contributed by atoms with van der Waals surface area (Å²) >= 11 is 0. The average Bonchev–Trinajstić information content (AvgIpc) is 3.07. The Morgan fingerprint density at radius 3 is 1.64 bits per heavy atom. The molecule has 0 aliphatic heterocycles. The molecule has 2 aliphatic rings. The molecule has 9 nitrogen and oxygen atoms in total. The number of carbonyl (C=O) groups is 2. The van der Waals surface area contributed by atoms with E-state index >= 15 is 0 Å². The van der Waals surface area contributed by atoms with E-state index in [-0.39, 0.29) is 17.4 Å². The second-order valence-corrected chi connectivity index (χ2v) is 19.5. The van der Waals surface area contributed by atoms with Crippen LogP contribution in [0, 0.1) is 10.8 Å². The maximum absolute atomic E-state index is 12.9. The van der Waals surface area contributed by atoms with Gasteiger partial charge in [-0.25, -0.2) is 9.59 Å². The minimum atomic E-state index is -4.73. The first-order valence-electron chi connectivity index (χ1n) is 20.5. The number of quaternary nitrogens is 1. The maximum Gasteiger partial charge on any atom is 0.331 e. The summed E-state index contributed by atoms with van der Waals surface area (Å²) in [4.78, 5) is 38.2. The van der Waals surface area contributed by atoms with Crippen molar-refractivity contribution < 1.29 is 42.1 Å². The molecule has 10 heteroatoms. The molecule has 0 saturated carbocycles. The maximum atomic E-state index is 12.9. The molecule has 0 N–H and O–H groups in total. The second-order valence-electron chi connectivity index (χ2n) is 18.1. The highest BCUT2D eigenvalue weighted by molar-refractivity contribution is 7.45. The topological polar surface area (TPSA) is 111 Å². The average molecular weight is 822 g/mol. The lowest BCUT2D eigenvalue weighted by Crippen LogP contribution is -2.37. The van der Waals surface area contributed by atoms with Gasteiger partial charge in [0.2, 0.25) is 0 Å². The van der Waals surface area contributed by atoms with Gasteiger partial charge in [-0.1, -0.05) is 111 Å². The summed E-state index contributed by atoms with van der Waals surface area (Å²) in [5.74, 6) is -1.43. The minimum absolute atomic E-state index is 0.0876. The quantitative estimate of drug-likeness (QED) is 0.0392. The Labute approximate surface area is 350 Å².